The molecule has 0 unspecified atom stereocenters. The van der Waals surface area contributed by atoms with Crippen LogP contribution in [0.25, 0.3) is 6.08 Å². The average Bonchev–Trinajstić information content (AvgIpc) is 2.65. The maximum absolute atomic E-state index is 14.0. The smallest absolute Gasteiger partial charge is 0.492 e. The Balaban J connectivity index is 2.42. The molecule has 1 aliphatic rings. The predicted octanol–water partition coefficient (Wildman–Crippen LogP) is 2.82. The number of carbonyl (C=O) groups excluding carboxylic acids is 1. The van der Waals surface area contributed by atoms with Gasteiger partial charge < -0.3 is 19.7 Å². The van der Waals surface area contributed by atoms with E-state index in [-0.39, 0.29) is 18.0 Å². The number of hydrogen-bond donors (Lipinski definition) is 2. The van der Waals surface area contributed by atoms with Crippen molar-refractivity contribution in [1.29, 1.82) is 0 Å². The van der Waals surface area contributed by atoms with Crippen molar-refractivity contribution in [1.82, 2.24) is 5.32 Å². The summed E-state index contributed by atoms with van der Waals surface area (Å²) < 4.78 is 39.9. The number of rotatable bonds is 4. The third-order valence-corrected chi connectivity index (χ3v) is 4.49. The lowest BCUT2D eigenvalue weighted by molar-refractivity contribution is -0.118. The molecule has 0 spiro atoms. The Hall–Kier alpha value is -1.93. The highest BCUT2D eigenvalue weighted by molar-refractivity contribution is 6.56. The summed E-state index contributed by atoms with van der Waals surface area (Å²) >= 11 is 0. The molecule has 0 bridgehead atoms. The van der Waals surface area contributed by atoms with Crippen LogP contribution < -0.4 is 5.32 Å². The van der Waals surface area contributed by atoms with Crippen LogP contribution in [0.3, 0.4) is 0 Å². The van der Waals surface area contributed by atoms with Gasteiger partial charge in [-0.25, -0.2) is 8.78 Å². The Bertz CT molecular complexity index is 680. The summed E-state index contributed by atoms with van der Waals surface area (Å²) in [6.07, 6.45) is 1.24. The molecule has 1 amide bonds. The molecule has 1 fully saturated rings. The van der Waals surface area contributed by atoms with Crippen LogP contribution >= 0.6 is 0 Å². The van der Waals surface area contributed by atoms with Gasteiger partial charge in [-0.3, -0.25) is 4.79 Å². The molecule has 0 aromatic heterocycles. The number of aromatic hydroxyl groups is 1. The Labute approximate surface area is 146 Å². The van der Waals surface area contributed by atoms with Gasteiger partial charge in [-0.05, 0) is 33.2 Å². The Morgan fingerprint density at radius 1 is 1.20 bits per heavy atom. The normalized spacial score (nSPS) is 19.2. The monoisotopic (exact) mass is 353 g/mol. The molecule has 0 aliphatic carbocycles. The second-order valence-corrected chi connectivity index (χ2v) is 7.04. The first-order chi connectivity index (χ1) is 11.4. The fraction of sp³-hybridized carbons (Fsp3) is 0.471. The van der Waals surface area contributed by atoms with E-state index in [1.807, 2.05) is 27.7 Å². The second-order valence-electron chi connectivity index (χ2n) is 7.04. The summed E-state index contributed by atoms with van der Waals surface area (Å²) in [5.41, 5.74) is -1.26. The van der Waals surface area contributed by atoms with E-state index in [4.69, 9.17) is 9.31 Å². The molecule has 0 saturated carbocycles. The molecule has 1 aromatic carbocycles. The Kier molecular flexibility index (Phi) is 5.25. The van der Waals surface area contributed by atoms with Crippen LogP contribution in [0, 0.1) is 11.6 Å². The van der Waals surface area contributed by atoms with E-state index in [1.54, 1.807) is 0 Å². The van der Waals surface area contributed by atoms with Gasteiger partial charge in [-0.15, -0.1) is 0 Å². The first-order valence-corrected chi connectivity index (χ1v) is 7.91. The zero-order chi connectivity index (χ0) is 19.0. The number of halogens is 2. The number of phenolic OH excluding ortho intramolecular Hbond substituents is 1. The van der Waals surface area contributed by atoms with Gasteiger partial charge in [-0.2, -0.15) is 0 Å². The molecule has 136 valence electrons. The minimum atomic E-state index is -0.922. The molecular weight excluding hydrogens is 331 g/mol. The predicted molar refractivity (Wildman–Crippen MR) is 90.8 cm³/mol. The van der Waals surface area contributed by atoms with Gasteiger partial charge in [0.1, 0.15) is 17.4 Å². The van der Waals surface area contributed by atoms with Crippen LogP contribution in [-0.4, -0.2) is 35.9 Å². The Morgan fingerprint density at radius 2 is 1.68 bits per heavy atom. The largest absolute Gasteiger partial charge is 0.508 e. The minimum absolute atomic E-state index is 0.00587. The highest BCUT2D eigenvalue weighted by atomic mass is 19.1. The van der Waals surface area contributed by atoms with Crippen molar-refractivity contribution in [2.24, 2.45) is 0 Å². The fourth-order valence-corrected chi connectivity index (χ4v) is 2.32. The zero-order valence-corrected chi connectivity index (χ0v) is 14.9. The molecule has 2 N–H and O–H groups in total. The van der Waals surface area contributed by atoms with E-state index in [2.05, 4.69) is 5.32 Å². The van der Waals surface area contributed by atoms with E-state index in [0.29, 0.717) is 5.47 Å². The zero-order valence-electron chi connectivity index (χ0n) is 14.9. The lowest BCUT2D eigenvalue weighted by Crippen LogP contribution is -2.41. The van der Waals surface area contributed by atoms with Crippen molar-refractivity contribution in [2.45, 2.75) is 45.8 Å². The second kappa shape index (κ2) is 6.76. The topological polar surface area (TPSA) is 67.8 Å². The van der Waals surface area contributed by atoms with E-state index in [0.717, 1.165) is 12.1 Å². The van der Waals surface area contributed by atoms with Crippen molar-refractivity contribution in [2.75, 3.05) is 6.54 Å². The average molecular weight is 353 g/mol. The molecule has 1 aliphatic heterocycles. The highest BCUT2D eigenvalue weighted by Crippen LogP contribution is 2.39. The summed E-state index contributed by atoms with van der Waals surface area (Å²) in [7, 11) is -0.871. The lowest BCUT2D eigenvalue weighted by Gasteiger charge is -2.32. The third kappa shape index (κ3) is 4.19. The Morgan fingerprint density at radius 3 is 2.12 bits per heavy atom. The van der Waals surface area contributed by atoms with Gasteiger partial charge in [0, 0.05) is 31.2 Å². The third-order valence-electron chi connectivity index (χ3n) is 4.49. The van der Waals surface area contributed by atoms with Gasteiger partial charge in [0.2, 0.25) is 5.91 Å². The van der Waals surface area contributed by atoms with E-state index < -0.39 is 35.7 Å². The molecule has 1 heterocycles. The van der Waals surface area contributed by atoms with Crippen LogP contribution in [0.2, 0.25) is 0 Å². The van der Waals surface area contributed by atoms with E-state index in [1.165, 1.54) is 13.0 Å². The van der Waals surface area contributed by atoms with Crippen molar-refractivity contribution in [3.05, 3.63) is 34.8 Å². The van der Waals surface area contributed by atoms with Gasteiger partial charge >= 0.3 is 7.12 Å². The van der Waals surface area contributed by atoms with Crippen molar-refractivity contribution in [3.63, 3.8) is 0 Å². The summed E-state index contributed by atoms with van der Waals surface area (Å²) in [6, 6.07) is 1.63. The number of nitrogens with one attached hydrogen (secondary N) is 1. The van der Waals surface area contributed by atoms with Crippen LogP contribution in [0.5, 0.6) is 5.75 Å². The van der Waals surface area contributed by atoms with Crippen LogP contribution in [0.4, 0.5) is 8.78 Å². The number of benzene rings is 1. The number of carbonyl (C=O) groups is 1. The molecule has 25 heavy (non-hydrogen) atoms. The molecule has 1 aromatic rings. The molecule has 8 heteroatoms. The number of hydrogen-bond acceptors (Lipinski definition) is 4. The first-order valence-electron chi connectivity index (χ1n) is 7.91. The maximum atomic E-state index is 14.0. The van der Waals surface area contributed by atoms with E-state index in [9.17, 15) is 18.7 Å². The molecule has 1 saturated heterocycles. The van der Waals surface area contributed by atoms with Crippen LogP contribution in [0.1, 0.15) is 40.2 Å². The number of amides is 1. The summed E-state index contributed by atoms with van der Waals surface area (Å²) in [5.74, 6) is -2.65. The van der Waals surface area contributed by atoms with Crippen LogP contribution in [-0.2, 0) is 14.1 Å². The first kappa shape index (κ1) is 19.4. The SMILES string of the molecule is CC(=O)NCC(=Cc1c(F)cc(O)cc1F)B1OC(C)(C)C(C)(C)O1. The molecular formula is C17H22BF2NO4. The van der Waals surface area contributed by atoms with Crippen molar-refractivity contribution in [3.8, 4) is 5.75 Å². The summed E-state index contributed by atoms with van der Waals surface area (Å²) in [5, 5.41) is 11.9. The molecule has 2 rings (SSSR count). The van der Waals surface area contributed by atoms with Crippen molar-refractivity contribution < 1.29 is 28.0 Å². The van der Waals surface area contributed by atoms with E-state index >= 15 is 0 Å². The molecule has 0 atom stereocenters. The maximum Gasteiger partial charge on any atom is 0.492 e. The van der Waals surface area contributed by atoms with Crippen molar-refractivity contribution >= 4 is 19.1 Å². The van der Waals surface area contributed by atoms with Gasteiger partial charge in [0.25, 0.3) is 0 Å². The van der Waals surface area contributed by atoms with Gasteiger partial charge in [0.05, 0.1) is 11.2 Å². The summed E-state index contributed by atoms with van der Waals surface area (Å²) in [6.45, 7) is 8.75. The quantitative estimate of drug-likeness (QED) is 0.817. The lowest BCUT2D eigenvalue weighted by atomic mass is 9.77. The van der Waals surface area contributed by atoms with Gasteiger partial charge in [-0.1, -0.05) is 6.08 Å². The standard InChI is InChI=1S/C17H22BF2NO4/c1-10(22)21-9-11(18-24-16(2,3)17(4,5)25-18)6-13-14(19)7-12(23)8-15(13)20/h6-8,23H,9H2,1-5H3,(H,21,22). The molecule has 0 radical (unpaired) electrons. The highest BCUT2D eigenvalue weighted by Gasteiger charge is 2.52. The van der Waals surface area contributed by atoms with Gasteiger partial charge in [0.15, 0.2) is 0 Å². The minimum Gasteiger partial charge on any atom is -0.508 e. The summed E-state index contributed by atoms with van der Waals surface area (Å²) in [4.78, 5) is 11.2. The van der Waals surface area contributed by atoms with Crippen LogP contribution in [0.15, 0.2) is 17.6 Å². The fourth-order valence-electron chi connectivity index (χ4n) is 2.32. The molecule has 5 nitrogen and oxygen atoms in total. The number of phenols is 1.